The lowest BCUT2D eigenvalue weighted by Gasteiger charge is -2.14. The highest BCUT2D eigenvalue weighted by molar-refractivity contribution is 8.15. The average molecular weight is 412 g/mol. The molecule has 2 aromatic rings. The molecule has 1 heterocycles. The minimum Gasteiger partial charge on any atom is -0.326 e. The Morgan fingerprint density at radius 1 is 1.28 bits per heavy atom. The van der Waals surface area contributed by atoms with Gasteiger partial charge in [-0.15, -0.1) is 6.58 Å². The molecule has 2 amide bonds. The summed E-state index contributed by atoms with van der Waals surface area (Å²) >= 11 is 1.24. The van der Waals surface area contributed by atoms with Gasteiger partial charge in [-0.3, -0.25) is 14.5 Å². The summed E-state index contributed by atoms with van der Waals surface area (Å²) < 4.78 is 13.1. The van der Waals surface area contributed by atoms with Gasteiger partial charge in [0.05, 0.1) is 5.69 Å². The van der Waals surface area contributed by atoms with Crippen molar-refractivity contribution in [3.63, 3.8) is 0 Å². The van der Waals surface area contributed by atoms with E-state index in [1.165, 1.54) is 28.8 Å². The van der Waals surface area contributed by atoms with Crippen molar-refractivity contribution in [2.75, 3.05) is 11.9 Å². The Morgan fingerprint density at radius 2 is 2.00 bits per heavy atom. The summed E-state index contributed by atoms with van der Waals surface area (Å²) in [6.45, 7) is 7.89. The van der Waals surface area contributed by atoms with Crippen molar-refractivity contribution >= 4 is 40.1 Å². The molecule has 0 bridgehead atoms. The Morgan fingerprint density at radius 3 is 2.66 bits per heavy atom. The zero-order valence-electron chi connectivity index (χ0n) is 16.3. The molecule has 5 nitrogen and oxygen atoms in total. The maximum atomic E-state index is 13.1. The normalized spacial score (nSPS) is 17.6. The van der Waals surface area contributed by atoms with Crippen LogP contribution in [0.25, 0.3) is 0 Å². The molecule has 0 saturated carbocycles. The number of amides is 2. The molecule has 1 atom stereocenters. The molecular weight excluding hydrogens is 389 g/mol. The van der Waals surface area contributed by atoms with Crippen LogP contribution in [0.3, 0.4) is 0 Å². The molecule has 1 fully saturated rings. The van der Waals surface area contributed by atoms with Crippen LogP contribution < -0.4 is 5.32 Å². The number of amidine groups is 1. The topological polar surface area (TPSA) is 61.8 Å². The highest BCUT2D eigenvalue weighted by Crippen LogP contribution is 2.32. The van der Waals surface area contributed by atoms with E-state index in [0.29, 0.717) is 17.4 Å². The van der Waals surface area contributed by atoms with Gasteiger partial charge in [-0.05, 0) is 49.7 Å². The molecule has 1 N–H and O–H groups in total. The second kappa shape index (κ2) is 9.05. The number of benzene rings is 2. The van der Waals surface area contributed by atoms with Crippen LogP contribution in [-0.2, 0) is 9.59 Å². The molecule has 7 heteroatoms. The molecule has 0 unspecified atom stereocenters. The predicted molar refractivity (Wildman–Crippen MR) is 116 cm³/mol. The first kappa shape index (κ1) is 20.8. The van der Waals surface area contributed by atoms with Crippen molar-refractivity contribution in [1.82, 2.24) is 4.90 Å². The molecule has 1 saturated heterocycles. The predicted octanol–water partition coefficient (Wildman–Crippen LogP) is 4.59. The monoisotopic (exact) mass is 411 g/mol. The number of aliphatic imine (C=N–C) groups is 1. The van der Waals surface area contributed by atoms with Crippen LogP contribution in [0.1, 0.15) is 17.5 Å². The van der Waals surface area contributed by atoms with Gasteiger partial charge in [0.2, 0.25) is 11.8 Å². The lowest BCUT2D eigenvalue weighted by atomic mass is 10.1. The standard InChI is InChI=1S/C22H22FN3O2S/c1-4-11-26-21(28)19(29-22(26)24-17-8-6-16(23)7-9-17)13-20(27)25-18-10-5-14(2)12-15(18)3/h4-10,12,19H,1,11,13H2,2-3H3,(H,25,27)/t19-/m0/s1. The van der Waals surface area contributed by atoms with Crippen molar-refractivity contribution in [2.24, 2.45) is 4.99 Å². The smallest absolute Gasteiger partial charge is 0.242 e. The van der Waals surface area contributed by atoms with E-state index in [-0.39, 0.29) is 24.1 Å². The van der Waals surface area contributed by atoms with Crippen molar-refractivity contribution in [2.45, 2.75) is 25.5 Å². The zero-order valence-corrected chi connectivity index (χ0v) is 17.1. The minimum atomic E-state index is -0.570. The summed E-state index contributed by atoms with van der Waals surface area (Å²) in [6, 6.07) is 11.5. The van der Waals surface area contributed by atoms with E-state index in [9.17, 15) is 14.0 Å². The molecule has 1 aliphatic heterocycles. The van der Waals surface area contributed by atoms with Gasteiger partial charge in [-0.25, -0.2) is 9.38 Å². The Balaban J connectivity index is 1.74. The molecular formula is C22H22FN3O2S. The van der Waals surface area contributed by atoms with E-state index in [0.717, 1.165) is 16.8 Å². The number of nitrogens with one attached hydrogen (secondary N) is 1. The SMILES string of the molecule is C=CCN1C(=O)[C@H](CC(=O)Nc2ccc(C)cc2C)SC1=Nc1ccc(F)cc1. The molecule has 0 aromatic heterocycles. The van der Waals surface area contributed by atoms with Crippen LogP contribution in [0.4, 0.5) is 15.8 Å². The molecule has 150 valence electrons. The van der Waals surface area contributed by atoms with Gasteiger partial charge < -0.3 is 5.32 Å². The van der Waals surface area contributed by atoms with Crippen LogP contribution >= 0.6 is 11.8 Å². The number of carbonyl (C=O) groups excluding carboxylic acids is 2. The second-order valence-corrected chi connectivity index (χ2v) is 7.96. The van der Waals surface area contributed by atoms with Crippen molar-refractivity contribution in [3.8, 4) is 0 Å². The number of aryl methyl sites for hydroxylation is 2. The maximum absolute atomic E-state index is 13.1. The number of hydrogen-bond acceptors (Lipinski definition) is 4. The Bertz CT molecular complexity index is 973. The fourth-order valence-corrected chi connectivity index (χ4v) is 4.14. The van der Waals surface area contributed by atoms with E-state index in [1.54, 1.807) is 18.2 Å². The summed E-state index contributed by atoms with van der Waals surface area (Å²) in [4.78, 5) is 31.3. The molecule has 0 spiro atoms. The zero-order chi connectivity index (χ0) is 21.0. The van der Waals surface area contributed by atoms with E-state index in [4.69, 9.17) is 0 Å². The van der Waals surface area contributed by atoms with Crippen LogP contribution in [0.5, 0.6) is 0 Å². The summed E-state index contributed by atoms with van der Waals surface area (Å²) in [7, 11) is 0. The first-order chi connectivity index (χ1) is 13.9. The summed E-state index contributed by atoms with van der Waals surface area (Å²) in [5, 5.41) is 2.79. The Hall–Kier alpha value is -2.93. The third kappa shape index (κ3) is 5.12. The Kier molecular flexibility index (Phi) is 6.49. The summed E-state index contributed by atoms with van der Waals surface area (Å²) in [5.74, 6) is -0.774. The third-order valence-electron chi connectivity index (χ3n) is 4.41. The van der Waals surface area contributed by atoms with Gasteiger partial charge in [0.25, 0.3) is 0 Å². The van der Waals surface area contributed by atoms with Crippen LogP contribution in [-0.4, -0.2) is 33.7 Å². The van der Waals surface area contributed by atoms with E-state index >= 15 is 0 Å². The van der Waals surface area contributed by atoms with E-state index in [1.807, 2.05) is 32.0 Å². The molecule has 2 aromatic carbocycles. The van der Waals surface area contributed by atoms with Gasteiger partial charge in [-0.2, -0.15) is 0 Å². The number of carbonyl (C=O) groups is 2. The van der Waals surface area contributed by atoms with Crippen molar-refractivity contribution < 1.29 is 14.0 Å². The number of nitrogens with zero attached hydrogens (tertiary/aromatic N) is 2. The lowest BCUT2D eigenvalue weighted by molar-refractivity contribution is -0.127. The van der Waals surface area contributed by atoms with Crippen LogP contribution in [0.2, 0.25) is 0 Å². The fraction of sp³-hybridized carbons (Fsp3) is 0.227. The molecule has 0 radical (unpaired) electrons. The highest BCUT2D eigenvalue weighted by atomic mass is 32.2. The largest absolute Gasteiger partial charge is 0.326 e. The number of rotatable bonds is 6. The van der Waals surface area contributed by atoms with Gasteiger partial charge in [0, 0.05) is 18.7 Å². The summed E-state index contributed by atoms with van der Waals surface area (Å²) in [5.41, 5.74) is 3.36. The summed E-state index contributed by atoms with van der Waals surface area (Å²) in [6.07, 6.45) is 1.64. The molecule has 3 rings (SSSR count). The lowest BCUT2D eigenvalue weighted by Crippen LogP contribution is -2.33. The van der Waals surface area contributed by atoms with Gasteiger partial charge in [0.15, 0.2) is 5.17 Å². The molecule has 1 aliphatic rings. The van der Waals surface area contributed by atoms with E-state index < -0.39 is 5.25 Å². The van der Waals surface area contributed by atoms with Crippen LogP contribution in [0, 0.1) is 19.7 Å². The second-order valence-electron chi connectivity index (χ2n) is 6.79. The fourth-order valence-electron chi connectivity index (χ4n) is 2.97. The van der Waals surface area contributed by atoms with E-state index in [2.05, 4.69) is 16.9 Å². The molecule has 29 heavy (non-hydrogen) atoms. The highest BCUT2D eigenvalue weighted by Gasteiger charge is 2.38. The van der Waals surface area contributed by atoms with Crippen molar-refractivity contribution in [3.05, 3.63) is 72.1 Å². The van der Waals surface area contributed by atoms with Crippen molar-refractivity contribution in [1.29, 1.82) is 0 Å². The quantitative estimate of drug-likeness (QED) is 0.708. The maximum Gasteiger partial charge on any atom is 0.242 e. The number of thioether (sulfide) groups is 1. The van der Waals surface area contributed by atoms with Gasteiger partial charge in [-0.1, -0.05) is 35.5 Å². The molecule has 0 aliphatic carbocycles. The number of anilines is 1. The first-order valence-corrected chi connectivity index (χ1v) is 10.1. The Labute approximate surface area is 173 Å². The third-order valence-corrected chi connectivity index (χ3v) is 5.59. The van der Waals surface area contributed by atoms with Gasteiger partial charge in [0.1, 0.15) is 11.1 Å². The average Bonchev–Trinajstić information content (AvgIpc) is 2.95. The first-order valence-electron chi connectivity index (χ1n) is 9.17. The van der Waals surface area contributed by atoms with Crippen LogP contribution in [0.15, 0.2) is 60.1 Å². The number of halogens is 1. The van der Waals surface area contributed by atoms with Gasteiger partial charge >= 0.3 is 0 Å². The minimum absolute atomic E-state index is 0.0346. The number of hydrogen-bond donors (Lipinski definition) is 1.